The van der Waals surface area contributed by atoms with Crippen LogP contribution < -0.4 is 5.32 Å². The maximum Gasteiger partial charge on any atom is 0.236 e. The molecule has 2 aliphatic rings. The van der Waals surface area contributed by atoms with Crippen LogP contribution in [0.5, 0.6) is 0 Å². The molecule has 3 rings (SSSR count). The number of benzene rings is 1. The molecule has 6 heteroatoms. The molecule has 0 unspecified atom stereocenters. The molecule has 1 N–H and O–H groups in total. The van der Waals surface area contributed by atoms with Crippen LogP contribution >= 0.6 is 24.8 Å². The Kier molecular flexibility index (Phi) is 8.51. The quantitative estimate of drug-likeness (QED) is 0.880. The molecular formula is C18H29Cl2N3O. The first-order chi connectivity index (χ1) is 10.7. The molecule has 2 aliphatic heterocycles. The predicted molar refractivity (Wildman–Crippen MR) is 103 cm³/mol. The third-order valence-corrected chi connectivity index (χ3v) is 5.21. The van der Waals surface area contributed by atoms with Crippen LogP contribution in [-0.4, -0.2) is 55.5 Å². The van der Waals surface area contributed by atoms with E-state index < -0.39 is 0 Å². The summed E-state index contributed by atoms with van der Waals surface area (Å²) < 4.78 is 0. The summed E-state index contributed by atoms with van der Waals surface area (Å²) in [7, 11) is 2.03. The zero-order valence-corrected chi connectivity index (χ0v) is 16.0. The Hall–Kier alpha value is -0.810. The number of nitrogens with one attached hydrogen (secondary N) is 1. The molecule has 4 nitrogen and oxygen atoms in total. The monoisotopic (exact) mass is 373 g/mol. The molecule has 24 heavy (non-hydrogen) atoms. The summed E-state index contributed by atoms with van der Waals surface area (Å²) in [5.74, 6) is 0.277. The van der Waals surface area contributed by atoms with Crippen LogP contribution in [-0.2, 0) is 11.3 Å². The summed E-state index contributed by atoms with van der Waals surface area (Å²) in [6, 6.07) is 10.3. The molecule has 1 spiro atoms. The smallest absolute Gasteiger partial charge is 0.236 e. The second-order valence-corrected chi connectivity index (χ2v) is 6.97. The third kappa shape index (κ3) is 5.35. The van der Waals surface area contributed by atoms with Gasteiger partial charge in [-0.05, 0) is 43.8 Å². The zero-order chi connectivity index (χ0) is 15.4. The van der Waals surface area contributed by atoms with E-state index in [2.05, 4.69) is 27.2 Å². The van der Waals surface area contributed by atoms with Gasteiger partial charge in [0.05, 0.1) is 6.54 Å². The van der Waals surface area contributed by atoms with Gasteiger partial charge in [0.15, 0.2) is 0 Å². The Morgan fingerprint density at radius 1 is 1.17 bits per heavy atom. The number of likely N-dealkylation sites (tertiary alicyclic amines) is 1. The minimum Gasteiger partial charge on any atom is -0.342 e. The maximum absolute atomic E-state index is 12.5. The molecule has 1 amide bonds. The van der Waals surface area contributed by atoms with E-state index in [0.717, 1.165) is 45.6 Å². The number of rotatable bonds is 4. The van der Waals surface area contributed by atoms with Crippen LogP contribution in [0.3, 0.4) is 0 Å². The lowest BCUT2D eigenvalue weighted by molar-refractivity contribution is -0.134. The fourth-order valence-corrected chi connectivity index (χ4v) is 3.73. The first-order valence-corrected chi connectivity index (χ1v) is 8.38. The van der Waals surface area contributed by atoms with E-state index in [9.17, 15) is 4.79 Å². The number of halogens is 2. The highest BCUT2D eigenvalue weighted by Crippen LogP contribution is 2.36. The lowest BCUT2D eigenvalue weighted by Gasteiger charge is -2.39. The van der Waals surface area contributed by atoms with Gasteiger partial charge < -0.3 is 10.2 Å². The first-order valence-electron chi connectivity index (χ1n) is 8.38. The van der Waals surface area contributed by atoms with Crippen molar-refractivity contribution in [1.82, 2.24) is 15.1 Å². The van der Waals surface area contributed by atoms with Gasteiger partial charge in [0.25, 0.3) is 0 Å². The molecule has 0 aliphatic carbocycles. The second kappa shape index (κ2) is 9.62. The van der Waals surface area contributed by atoms with E-state index in [1.54, 1.807) is 0 Å². The van der Waals surface area contributed by atoms with Crippen molar-refractivity contribution in [1.29, 1.82) is 0 Å². The number of amides is 1. The highest BCUT2D eigenvalue weighted by atomic mass is 35.5. The Morgan fingerprint density at radius 2 is 1.83 bits per heavy atom. The molecule has 2 fully saturated rings. The highest BCUT2D eigenvalue weighted by Gasteiger charge is 2.37. The average Bonchev–Trinajstić information content (AvgIpc) is 2.97. The van der Waals surface area contributed by atoms with Crippen LogP contribution in [0.15, 0.2) is 30.3 Å². The lowest BCUT2D eigenvalue weighted by Crippen LogP contribution is -2.46. The zero-order valence-electron chi connectivity index (χ0n) is 14.4. The minimum absolute atomic E-state index is 0. The van der Waals surface area contributed by atoms with Gasteiger partial charge in [0.2, 0.25) is 5.91 Å². The van der Waals surface area contributed by atoms with Crippen molar-refractivity contribution in [2.24, 2.45) is 5.41 Å². The van der Waals surface area contributed by atoms with Gasteiger partial charge in [-0.3, -0.25) is 9.69 Å². The average molecular weight is 374 g/mol. The summed E-state index contributed by atoms with van der Waals surface area (Å²) in [5.41, 5.74) is 1.74. The molecule has 0 aromatic heterocycles. The highest BCUT2D eigenvalue weighted by molar-refractivity contribution is 5.85. The largest absolute Gasteiger partial charge is 0.342 e. The Morgan fingerprint density at radius 3 is 2.42 bits per heavy atom. The summed E-state index contributed by atoms with van der Waals surface area (Å²) in [6.45, 7) is 5.49. The van der Waals surface area contributed by atoms with Gasteiger partial charge >= 0.3 is 0 Å². The number of nitrogens with zero attached hydrogens (tertiary/aromatic N) is 2. The number of carbonyl (C=O) groups is 1. The van der Waals surface area contributed by atoms with E-state index in [4.69, 9.17) is 0 Å². The summed E-state index contributed by atoms with van der Waals surface area (Å²) in [4.78, 5) is 16.6. The topological polar surface area (TPSA) is 35.6 Å². The second-order valence-electron chi connectivity index (χ2n) is 6.97. The molecule has 1 aromatic rings. The molecule has 136 valence electrons. The Labute approximate surface area is 157 Å². The van der Waals surface area contributed by atoms with Crippen LogP contribution in [0.1, 0.15) is 24.8 Å². The van der Waals surface area contributed by atoms with Crippen LogP contribution in [0, 0.1) is 5.41 Å². The van der Waals surface area contributed by atoms with Gasteiger partial charge in [-0.1, -0.05) is 30.3 Å². The molecule has 1 aromatic carbocycles. The standard InChI is InChI=1S/C18H27N3O.2ClH/c1-20(13-16-5-3-2-4-6-16)14-17(22)21-11-8-18(9-12-21)7-10-19-15-18;;/h2-6,19H,7-15H2,1H3;2*1H. The number of likely N-dealkylation sites (N-methyl/N-ethyl adjacent to an activating group) is 1. The van der Waals surface area contributed by atoms with E-state index in [1.165, 1.54) is 12.0 Å². The fourth-order valence-electron chi connectivity index (χ4n) is 3.73. The third-order valence-electron chi connectivity index (χ3n) is 5.21. The van der Waals surface area contributed by atoms with Crippen molar-refractivity contribution in [3.63, 3.8) is 0 Å². The summed E-state index contributed by atoms with van der Waals surface area (Å²) in [5, 5.41) is 3.47. The molecule has 0 saturated carbocycles. The van der Waals surface area contributed by atoms with Gasteiger partial charge in [-0.25, -0.2) is 0 Å². The van der Waals surface area contributed by atoms with Crippen molar-refractivity contribution in [2.45, 2.75) is 25.8 Å². The van der Waals surface area contributed by atoms with Crippen molar-refractivity contribution in [2.75, 3.05) is 39.8 Å². The lowest BCUT2D eigenvalue weighted by atomic mass is 9.78. The number of hydrogen-bond donors (Lipinski definition) is 1. The maximum atomic E-state index is 12.5. The van der Waals surface area contributed by atoms with Gasteiger partial charge in [-0.15, -0.1) is 24.8 Å². The van der Waals surface area contributed by atoms with Crippen LogP contribution in [0.25, 0.3) is 0 Å². The van der Waals surface area contributed by atoms with Gasteiger partial charge in [0.1, 0.15) is 0 Å². The SMILES string of the molecule is CN(CC(=O)N1CCC2(CCNC2)CC1)Cc1ccccc1.Cl.Cl. The summed E-state index contributed by atoms with van der Waals surface area (Å²) in [6.07, 6.45) is 3.60. The molecule has 2 heterocycles. The number of carbonyl (C=O) groups excluding carboxylic acids is 1. The van der Waals surface area contributed by atoms with Crippen LogP contribution in [0.4, 0.5) is 0 Å². The van der Waals surface area contributed by atoms with Gasteiger partial charge in [0, 0.05) is 26.2 Å². The first kappa shape index (κ1) is 21.2. The molecule has 0 bridgehead atoms. The Balaban J connectivity index is 0.00000144. The van der Waals surface area contributed by atoms with Crippen molar-refractivity contribution >= 4 is 30.7 Å². The number of hydrogen-bond acceptors (Lipinski definition) is 3. The fraction of sp³-hybridized carbons (Fsp3) is 0.611. The predicted octanol–water partition coefficient (Wildman–Crippen LogP) is 2.56. The Bertz CT molecular complexity index is 496. The molecule has 0 atom stereocenters. The minimum atomic E-state index is 0. The summed E-state index contributed by atoms with van der Waals surface area (Å²) >= 11 is 0. The normalized spacial score (nSPS) is 19.0. The molecular weight excluding hydrogens is 345 g/mol. The van der Waals surface area contributed by atoms with E-state index in [-0.39, 0.29) is 30.7 Å². The molecule has 0 radical (unpaired) electrons. The van der Waals surface area contributed by atoms with Crippen molar-refractivity contribution in [3.8, 4) is 0 Å². The van der Waals surface area contributed by atoms with Crippen molar-refractivity contribution in [3.05, 3.63) is 35.9 Å². The van der Waals surface area contributed by atoms with E-state index >= 15 is 0 Å². The van der Waals surface area contributed by atoms with E-state index in [1.807, 2.05) is 25.2 Å². The molecule has 2 saturated heterocycles. The number of piperidine rings is 1. The van der Waals surface area contributed by atoms with Crippen molar-refractivity contribution < 1.29 is 4.79 Å². The van der Waals surface area contributed by atoms with E-state index in [0.29, 0.717) is 12.0 Å². The van der Waals surface area contributed by atoms with Gasteiger partial charge in [-0.2, -0.15) is 0 Å². The van der Waals surface area contributed by atoms with Crippen LogP contribution in [0.2, 0.25) is 0 Å².